The number of aryl methyl sites for hydroxylation is 1. The van der Waals surface area contributed by atoms with Crippen molar-refractivity contribution in [2.75, 3.05) is 0 Å². The average molecular weight is 308 g/mol. The lowest BCUT2D eigenvalue weighted by Gasteiger charge is -2.18. The van der Waals surface area contributed by atoms with Crippen molar-refractivity contribution >= 4 is 5.78 Å². The number of ether oxygens (including phenoxy) is 1. The number of carbonyl (C=O) groups is 1. The van der Waals surface area contributed by atoms with Gasteiger partial charge in [-0.25, -0.2) is 0 Å². The van der Waals surface area contributed by atoms with E-state index in [9.17, 15) is 18.0 Å². The van der Waals surface area contributed by atoms with E-state index in [4.69, 9.17) is 4.74 Å². The van der Waals surface area contributed by atoms with Crippen LogP contribution in [0.25, 0.3) is 0 Å². The van der Waals surface area contributed by atoms with Crippen LogP contribution in [0.1, 0.15) is 29.7 Å². The SMILES string of the molecule is CC(=O)[C@H](Oc1cccc(C(F)(F)F)c1)c1ccc(C)cc1. The molecule has 0 saturated carbocycles. The highest BCUT2D eigenvalue weighted by Crippen LogP contribution is 2.32. The van der Waals surface area contributed by atoms with Crippen molar-refractivity contribution in [3.05, 3.63) is 65.2 Å². The molecule has 2 nitrogen and oxygen atoms in total. The molecule has 0 aliphatic heterocycles. The molecule has 0 amide bonds. The summed E-state index contributed by atoms with van der Waals surface area (Å²) < 4.78 is 43.6. The van der Waals surface area contributed by atoms with Crippen molar-refractivity contribution < 1.29 is 22.7 Å². The summed E-state index contributed by atoms with van der Waals surface area (Å²) in [5.74, 6) is -0.267. The highest BCUT2D eigenvalue weighted by atomic mass is 19.4. The zero-order chi connectivity index (χ0) is 16.3. The van der Waals surface area contributed by atoms with Gasteiger partial charge in [0.2, 0.25) is 0 Å². The Balaban J connectivity index is 2.29. The number of halogens is 3. The highest BCUT2D eigenvalue weighted by molar-refractivity contribution is 5.82. The molecule has 2 rings (SSSR count). The van der Waals surface area contributed by atoms with E-state index < -0.39 is 17.8 Å². The lowest BCUT2D eigenvalue weighted by molar-refractivity contribution is -0.137. The van der Waals surface area contributed by atoms with Gasteiger partial charge in [-0.1, -0.05) is 35.9 Å². The predicted octanol–water partition coefficient (Wildman–Crippen LogP) is 4.72. The summed E-state index contributed by atoms with van der Waals surface area (Å²) in [6, 6.07) is 11.6. The number of alkyl halides is 3. The summed E-state index contributed by atoms with van der Waals surface area (Å²) in [5.41, 5.74) is 0.817. The molecule has 0 unspecified atom stereocenters. The molecule has 0 saturated heterocycles. The zero-order valence-electron chi connectivity index (χ0n) is 12.1. The second kappa shape index (κ2) is 6.22. The molecular formula is C17H15F3O2. The van der Waals surface area contributed by atoms with E-state index in [1.54, 1.807) is 12.1 Å². The molecule has 0 aromatic heterocycles. The van der Waals surface area contributed by atoms with Crippen molar-refractivity contribution in [2.45, 2.75) is 26.1 Å². The number of hydrogen-bond acceptors (Lipinski definition) is 2. The van der Waals surface area contributed by atoms with Crippen LogP contribution in [-0.2, 0) is 11.0 Å². The summed E-state index contributed by atoms with van der Waals surface area (Å²) in [6.45, 7) is 3.25. The van der Waals surface area contributed by atoms with Crippen LogP contribution in [0.5, 0.6) is 5.75 Å². The third-order valence-corrected chi connectivity index (χ3v) is 3.16. The van der Waals surface area contributed by atoms with Crippen LogP contribution < -0.4 is 4.74 Å². The van der Waals surface area contributed by atoms with E-state index in [1.165, 1.54) is 19.1 Å². The molecule has 2 aromatic rings. The van der Waals surface area contributed by atoms with E-state index in [1.807, 2.05) is 19.1 Å². The van der Waals surface area contributed by atoms with E-state index in [2.05, 4.69) is 0 Å². The van der Waals surface area contributed by atoms with Gasteiger partial charge in [-0.05, 0) is 37.6 Å². The van der Waals surface area contributed by atoms with Crippen LogP contribution in [0.15, 0.2) is 48.5 Å². The smallest absolute Gasteiger partial charge is 0.416 e. The van der Waals surface area contributed by atoms with E-state index >= 15 is 0 Å². The first-order valence-electron chi connectivity index (χ1n) is 6.68. The van der Waals surface area contributed by atoms with Gasteiger partial charge >= 0.3 is 6.18 Å². The van der Waals surface area contributed by atoms with Crippen molar-refractivity contribution in [3.8, 4) is 5.75 Å². The maximum atomic E-state index is 12.7. The average Bonchev–Trinajstić information content (AvgIpc) is 2.45. The molecule has 0 N–H and O–H groups in total. The predicted molar refractivity (Wildman–Crippen MR) is 76.7 cm³/mol. The molecule has 0 radical (unpaired) electrons. The zero-order valence-corrected chi connectivity index (χ0v) is 12.1. The van der Waals surface area contributed by atoms with Crippen molar-refractivity contribution in [2.24, 2.45) is 0 Å². The lowest BCUT2D eigenvalue weighted by atomic mass is 10.0. The summed E-state index contributed by atoms with van der Waals surface area (Å²) in [5, 5.41) is 0. The van der Waals surface area contributed by atoms with Gasteiger partial charge in [0.1, 0.15) is 5.75 Å². The van der Waals surface area contributed by atoms with Gasteiger partial charge in [-0.2, -0.15) is 13.2 Å². The molecule has 5 heteroatoms. The summed E-state index contributed by atoms with van der Waals surface area (Å²) in [4.78, 5) is 11.8. The number of hydrogen-bond donors (Lipinski definition) is 0. The quantitative estimate of drug-likeness (QED) is 0.816. The molecule has 0 aliphatic rings. The van der Waals surface area contributed by atoms with Gasteiger partial charge < -0.3 is 4.74 Å². The number of ketones is 1. The van der Waals surface area contributed by atoms with Crippen molar-refractivity contribution in [1.82, 2.24) is 0 Å². The molecular weight excluding hydrogens is 293 g/mol. The van der Waals surface area contributed by atoms with Crippen LogP contribution in [0.3, 0.4) is 0 Å². The second-order valence-corrected chi connectivity index (χ2v) is 5.04. The van der Waals surface area contributed by atoms with Crippen molar-refractivity contribution in [3.63, 3.8) is 0 Å². The number of Topliss-reactive ketones (excluding diaryl/α,β-unsaturated/α-hetero) is 1. The third kappa shape index (κ3) is 3.87. The minimum absolute atomic E-state index is 0.00981. The Bertz CT molecular complexity index is 660. The number of benzene rings is 2. The topological polar surface area (TPSA) is 26.3 Å². The van der Waals surface area contributed by atoms with Crippen LogP contribution >= 0.6 is 0 Å². The largest absolute Gasteiger partial charge is 0.478 e. The van der Waals surface area contributed by atoms with E-state index in [0.717, 1.165) is 17.7 Å². The highest BCUT2D eigenvalue weighted by Gasteiger charge is 2.31. The van der Waals surface area contributed by atoms with E-state index in [-0.39, 0.29) is 11.5 Å². The first-order chi connectivity index (χ1) is 10.3. The minimum Gasteiger partial charge on any atom is -0.478 e. The fourth-order valence-electron chi connectivity index (χ4n) is 2.01. The van der Waals surface area contributed by atoms with Gasteiger partial charge in [0.05, 0.1) is 5.56 Å². The standard InChI is InChI=1S/C17H15F3O2/c1-11-6-8-13(9-7-11)16(12(2)21)22-15-5-3-4-14(10-15)17(18,19)20/h3-10,16H,1-2H3/t16-/m0/s1. The molecule has 2 aromatic carbocycles. The number of rotatable bonds is 4. The fraction of sp³-hybridized carbons (Fsp3) is 0.235. The molecule has 0 spiro atoms. The van der Waals surface area contributed by atoms with Gasteiger partial charge in [-0.15, -0.1) is 0 Å². The monoisotopic (exact) mass is 308 g/mol. The summed E-state index contributed by atoms with van der Waals surface area (Å²) in [6.07, 6.45) is -5.38. The Morgan fingerprint density at radius 1 is 1.09 bits per heavy atom. The molecule has 116 valence electrons. The van der Waals surface area contributed by atoms with Crippen LogP contribution in [-0.4, -0.2) is 5.78 Å². The number of carbonyl (C=O) groups excluding carboxylic acids is 1. The van der Waals surface area contributed by atoms with Crippen LogP contribution in [0.4, 0.5) is 13.2 Å². The molecule has 22 heavy (non-hydrogen) atoms. The lowest BCUT2D eigenvalue weighted by Crippen LogP contribution is -2.16. The van der Waals surface area contributed by atoms with Crippen LogP contribution in [0.2, 0.25) is 0 Å². The minimum atomic E-state index is -4.45. The normalized spacial score (nSPS) is 12.8. The van der Waals surface area contributed by atoms with Crippen LogP contribution in [0, 0.1) is 6.92 Å². The maximum absolute atomic E-state index is 12.7. The molecule has 0 aliphatic carbocycles. The first-order valence-corrected chi connectivity index (χ1v) is 6.68. The second-order valence-electron chi connectivity index (χ2n) is 5.04. The van der Waals surface area contributed by atoms with Gasteiger partial charge in [-0.3, -0.25) is 4.79 Å². The third-order valence-electron chi connectivity index (χ3n) is 3.16. The summed E-state index contributed by atoms with van der Waals surface area (Å²) >= 11 is 0. The first kappa shape index (κ1) is 16.1. The maximum Gasteiger partial charge on any atom is 0.416 e. The molecule has 1 atom stereocenters. The molecule has 0 heterocycles. The summed E-state index contributed by atoms with van der Waals surface area (Å²) in [7, 11) is 0. The van der Waals surface area contributed by atoms with Gasteiger partial charge in [0.25, 0.3) is 0 Å². The Morgan fingerprint density at radius 3 is 2.27 bits per heavy atom. The Kier molecular flexibility index (Phi) is 4.54. The Morgan fingerprint density at radius 2 is 1.73 bits per heavy atom. The Labute approximate surface area is 126 Å². The van der Waals surface area contributed by atoms with Gasteiger partial charge in [0, 0.05) is 0 Å². The molecule has 0 fully saturated rings. The van der Waals surface area contributed by atoms with Crippen molar-refractivity contribution in [1.29, 1.82) is 0 Å². The Hall–Kier alpha value is -2.30. The fourth-order valence-corrected chi connectivity index (χ4v) is 2.01. The molecule has 0 bridgehead atoms. The van der Waals surface area contributed by atoms with E-state index in [0.29, 0.717) is 5.56 Å². The van der Waals surface area contributed by atoms with Gasteiger partial charge in [0.15, 0.2) is 11.9 Å².